The van der Waals surface area contributed by atoms with Crippen molar-refractivity contribution in [2.45, 2.75) is 26.9 Å². The summed E-state index contributed by atoms with van der Waals surface area (Å²) in [7, 11) is 1.59. The van der Waals surface area contributed by atoms with Gasteiger partial charge in [-0.2, -0.15) is 5.10 Å². The molecule has 2 aromatic rings. The van der Waals surface area contributed by atoms with Crippen molar-refractivity contribution in [3.05, 3.63) is 29.3 Å². The maximum Gasteiger partial charge on any atom is 0.220 e. The number of ether oxygens (including phenoxy) is 1. The fourth-order valence-electron chi connectivity index (χ4n) is 2.04. The van der Waals surface area contributed by atoms with Gasteiger partial charge in [-0.1, -0.05) is 0 Å². The van der Waals surface area contributed by atoms with Crippen LogP contribution in [0.4, 0.5) is 0 Å². The number of rotatable bonds is 4. The third-order valence-electron chi connectivity index (χ3n) is 2.98. The van der Waals surface area contributed by atoms with Crippen molar-refractivity contribution in [2.24, 2.45) is 7.05 Å². The number of nitrogens with zero attached hydrogens (tertiary/aromatic N) is 2. The Balaban J connectivity index is 2.47. The van der Waals surface area contributed by atoms with Crippen LogP contribution < -0.4 is 4.74 Å². The molecule has 0 fully saturated rings. The Kier molecular flexibility index (Phi) is 3.79. The van der Waals surface area contributed by atoms with Crippen LogP contribution >= 0.6 is 0 Å². The van der Waals surface area contributed by atoms with Gasteiger partial charge in [-0.05, 0) is 44.5 Å². The lowest BCUT2D eigenvalue weighted by molar-refractivity contribution is 0.112. The van der Waals surface area contributed by atoms with Gasteiger partial charge in [-0.25, -0.2) is 4.68 Å². The van der Waals surface area contributed by atoms with E-state index in [4.69, 9.17) is 4.74 Å². The number of aromatic hydroxyl groups is 1. The van der Waals surface area contributed by atoms with E-state index in [0.29, 0.717) is 12.0 Å². The number of aldehydes is 1. The lowest BCUT2D eigenvalue weighted by Gasteiger charge is -2.13. The van der Waals surface area contributed by atoms with Crippen LogP contribution in [0, 0.1) is 6.92 Å². The number of benzene rings is 1. The van der Waals surface area contributed by atoms with Crippen LogP contribution in [0.15, 0.2) is 18.2 Å². The highest BCUT2D eigenvalue weighted by atomic mass is 16.5. The summed E-state index contributed by atoms with van der Waals surface area (Å²) in [6.45, 7) is 5.87. The highest BCUT2D eigenvalue weighted by molar-refractivity contribution is 5.88. The van der Waals surface area contributed by atoms with E-state index < -0.39 is 0 Å². The number of carbonyl (C=O) groups is 1. The molecule has 5 nitrogen and oxygen atoms in total. The standard InChI is InChI=1S/C15H18N2O3/c1-9(2)20-13-6-5-11(7-10(13)3)14-12(8-18)15(19)17(4)16-14/h5-9,19H,1-4H3. The molecule has 0 aliphatic rings. The molecule has 0 radical (unpaired) electrons. The van der Waals surface area contributed by atoms with Crippen LogP contribution in [0.25, 0.3) is 11.3 Å². The topological polar surface area (TPSA) is 64.3 Å². The van der Waals surface area contributed by atoms with E-state index in [2.05, 4.69) is 5.10 Å². The first-order valence-electron chi connectivity index (χ1n) is 6.42. The Morgan fingerprint density at radius 2 is 2.10 bits per heavy atom. The lowest BCUT2D eigenvalue weighted by Crippen LogP contribution is -2.06. The van der Waals surface area contributed by atoms with Crippen molar-refractivity contribution < 1.29 is 14.6 Å². The molecule has 0 saturated heterocycles. The molecule has 0 bridgehead atoms. The molecule has 1 aromatic carbocycles. The van der Waals surface area contributed by atoms with Gasteiger partial charge in [0.1, 0.15) is 17.0 Å². The summed E-state index contributed by atoms with van der Waals surface area (Å²) in [6, 6.07) is 5.58. The third-order valence-corrected chi connectivity index (χ3v) is 2.98. The van der Waals surface area contributed by atoms with Crippen molar-refractivity contribution in [3.8, 4) is 22.9 Å². The molecule has 1 heterocycles. The van der Waals surface area contributed by atoms with Gasteiger partial charge in [0.2, 0.25) is 5.88 Å². The van der Waals surface area contributed by atoms with E-state index in [0.717, 1.165) is 16.9 Å². The molecule has 5 heteroatoms. The number of aromatic nitrogens is 2. The Bertz CT molecular complexity index is 645. The third kappa shape index (κ3) is 2.52. The van der Waals surface area contributed by atoms with Gasteiger partial charge in [-0.3, -0.25) is 4.79 Å². The van der Waals surface area contributed by atoms with Crippen molar-refractivity contribution in [1.82, 2.24) is 9.78 Å². The second-order valence-electron chi connectivity index (χ2n) is 4.97. The van der Waals surface area contributed by atoms with Gasteiger partial charge in [0.25, 0.3) is 0 Å². The summed E-state index contributed by atoms with van der Waals surface area (Å²) in [5.41, 5.74) is 2.40. The number of carbonyl (C=O) groups excluding carboxylic acids is 1. The van der Waals surface area contributed by atoms with Crippen LogP contribution in [0.2, 0.25) is 0 Å². The van der Waals surface area contributed by atoms with Crippen molar-refractivity contribution in [1.29, 1.82) is 0 Å². The predicted molar refractivity (Wildman–Crippen MR) is 76.2 cm³/mol. The summed E-state index contributed by atoms with van der Waals surface area (Å²) in [5, 5.41) is 13.9. The van der Waals surface area contributed by atoms with E-state index in [9.17, 15) is 9.90 Å². The van der Waals surface area contributed by atoms with Crippen LogP contribution in [-0.2, 0) is 7.05 Å². The zero-order chi connectivity index (χ0) is 14.9. The maximum absolute atomic E-state index is 11.1. The first kappa shape index (κ1) is 14.1. The summed E-state index contributed by atoms with van der Waals surface area (Å²) in [5.74, 6) is 0.673. The fourth-order valence-corrected chi connectivity index (χ4v) is 2.04. The Hall–Kier alpha value is -2.30. The molecule has 0 amide bonds. The van der Waals surface area contributed by atoms with Gasteiger partial charge in [0, 0.05) is 12.6 Å². The molecule has 1 N–H and O–H groups in total. The molecular formula is C15H18N2O3. The van der Waals surface area contributed by atoms with Crippen LogP contribution in [0.3, 0.4) is 0 Å². The van der Waals surface area contributed by atoms with Crippen LogP contribution in [0.1, 0.15) is 29.8 Å². The average Bonchev–Trinajstić information content (AvgIpc) is 2.67. The van der Waals surface area contributed by atoms with Gasteiger partial charge >= 0.3 is 0 Å². The molecule has 0 saturated carbocycles. The van der Waals surface area contributed by atoms with Gasteiger partial charge < -0.3 is 9.84 Å². The average molecular weight is 274 g/mol. The molecular weight excluding hydrogens is 256 g/mol. The summed E-state index contributed by atoms with van der Waals surface area (Å²) in [6.07, 6.45) is 0.718. The number of aryl methyl sites for hydroxylation is 2. The lowest BCUT2D eigenvalue weighted by atomic mass is 10.1. The minimum absolute atomic E-state index is 0.101. The van der Waals surface area contributed by atoms with E-state index in [1.165, 1.54) is 4.68 Å². The highest BCUT2D eigenvalue weighted by Gasteiger charge is 2.17. The molecule has 0 aliphatic carbocycles. The monoisotopic (exact) mass is 274 g/mol. The highest BCUT2D eigenvalue weighted by Crippen LogP contribution is 2.31. The predicted octanol–water partition coefficient (Wildman–Crippen LogP) is 2.70. The molecule has 0 unspecified atom stereocenters. The van der Waals surface area contributed by atoms with Gasteiger partial charge in [0.15, 0.2) is 6.29 Å². The van der Waals surface area contributed by atoms with Crippen molar-refractivity contribution in [2.75, 3.05) is 0 Å². The molecule has 106 valence electrons. The van der Waals surface area contributed by atoms with Crippen molar-refractivity contribution >= 4 is 6.29 Å². The second kappa shape index (κ2) is 5.36. The molecule has 0 spiro atoms. The fraction of sp³-hybridized carbons (Fsp3) is 0.333. The summed E-state index contributed by atoms with van der Waals surface area (Å²) in [4.78, 5) is 11.1. The number of hydrogen-bond donors (Lipinski definition) is 1. The van der Waals surface area contributed by atoms with E-state index in [-0.39, 0.29) is 17.5 Å². The first-order chi connectivity index (χ1) is 9.43. The minimum atomic E-state index is -0.129. The molecule has 0 atom stereocenters. The van der Waals surface area contributed by atoms with Crippen LogP contribution in [-0.4, -0.2) is 27.3 Å². The Labute approximate surface area is 117 Å². The molecule has 2 rings (SSSR count). The SMILES string of the molecule is Cc1cc(-c2nn(C)c(O)c2C=O)ccc1OC(C)C. The zero-order valence-electron chi connectivity index (χ0n) is 12.0. The Morgan fingerprint density at radius 1 is 1.40 bits per heavy atom. The molecule has 1 aromatic heterocycles. The summed E-state index contributed by atoms with van der Waals surface area (Å²) >= 11 is 0. The Morgan fingerprint density at radius 3 is 2.65 bits per heavy atom. The smallest absolute Gasteiger partial charge is 0.220 e. The molecule has 0 aliphatic heterocycles. The second-order valence-corrected chi connectivity index (χ2v) is 4.97. The van der Waals surface area contributed by atoms with E-state index >= 15 is 0 Å². The summed E-state index contributed by atoms with van der Waals surface area (Å²) < 4.78 is 6.96. The molecule has 20 heavy (non-hydrogen) atoms. The normalized spacial score (nSPS) is 10.8. The number of hydrogen-bond acceptors (Lipinski definition) is 4. The van der Waals surface area contributed by atoms with Crippen LogP contribution in [0.5, 0.6) is 11.6 Å². The quantitative estimate of drug-likeness (QED) is 0.871. The van der Waals surface area contributed by atoms with Gasteiger partial charge in [0.05, 0.1) is 6.10 Å². The maximum atomic E-state index is 11.1. The first-order valence-corrected chi connectivity index (χ1v) is 6.42. The van der Waals surface area contributed by atoms with E-state index in [1.54, 1.807) is 7.05 Å². The zero-order valence-corrected chi connectivity index (χ0v) is 12.0. The van der Waals surface area contributed by atoms with Crippen molar-refractivity contribution in [3.63, 3.8) is 0 Å². The largest absolute Gasteiger partial charge is 0.493 e. The van der Waals surface area contributed by atoms with E-state index in [1.807, 2.05) is 39.0 Å². The minimum Gasteiger partial charge on any atom is -0.493 e. The van der Waals surface area contributed by atoms with Gasteiger partial charge in [-0.15, -0.1) is 0 Å².